The van der Waals surface area contributed by atoms with E-state index in [1.807, 2.05) is 41.5 Å². The molecule has 32 heavy (non-hydrogen) atoms. The fourth-order valence-corrected chi connectivity index (χ4v) is 4.14. The van der Waals surface area contributed by atoms with Gasteiger partial charge in [0.25, 0.3) is 0 Å². The molecule has 0 aliphatic carbocycles. The maximum Gasteiger partial charge on any atom is 0.0956 e. The second-order valence-electron chi connectivity index (χ2n) is 7.44. The minimum absolute atomic E-state index is 0.728. The Balaban J connectivity index is 1.62. The van der Waals surface area contributed by atoms with Gasteiger partial charge in [-0.25, -0.2) is 4.52 Å². The van der Waals surface area contributed by atoms with Gasteiger partial charge in [0.05, 0.1) is 28.8 Å². The van der Waals surface area contributed by atoms with Gasteiger partial charge < -0.3 is 10.0 Å². The zero-order valence-corrected chi connectivity index (χ0v) is 18.5. The van der Waals surface area contributed by atoms with Crippen molar-refractivity contribution in [3.05, 3.63) is 103 Å². The van der Waals surface area contributed by atoms with Gasteiger partial charge in [0.15, 0.2) is 0 Å². The van der Waals surface area contributed by atoms with E-state index in [0.29, 0.717) is 0 Å². The van der Waals surface area contributed by atoms with Crippen LogP contribution >= 0.6 is 11.9 Å². The average Bonchev–Trinajstić information content (AvgIpc) is 3.28. The lowest BCUT2D eigenvalue weighted by Gasteiger charge is -2.13. The highest BCUT2D eigenvalue weighted by atomic mass is 32.2. The first-order valence-corrected chi connectivity index (χ1v) is 11.6. The third kappa shape index (κ3) is 4.18. The van der Waals surface area contributed by atoms with Crippen LogP contribution in [0.25, 0.3) is 27.9 Å². The summed E-state index contributed by atoms with van der Waals surface area (Å²) < 4.78 is 5.20. The molecule has 0 fully saturated rings. The number of hydrogen-bond acceptors (Lipinski definition) is 5. The molecule has 2 aromatic carbocycles. The summed E-state index contributed by atoms with van der Waals surface area (Å²) in [6.45, 7) is 0.728. The molecule has 0 aliphatic rings. The number of pyridine rings is 1. The molecule has 0 radical (unpaired) electrons. The van der Waals surface area contributed by atoms with E-state index in [0.717, 1.165) is 40.3 Å². The molecule has 158 valence electrons. The van der Waals surface area contributed by atoms with Crippen LogP contribution in [-0.4, -0.2) is 20.9 Å². The number of anilines is 2. The normalized spacial score (nSPS) is 10.9. The Hall–Kier alpha value is -3.77. The molecule has 0 bridgehead atoms. The summed E-state index contributed by atoms with van der Waals surface area (Å²) >= 11 is 1.54. The third-order valence-corrected chi connectivity index (χ3v) is 5.72. The predicted octanol–water partition coefficient (Wildman–Crippen LogP) is 6.37. The van der Waals surface area contributed by atoms with Crippen molar-refractivity contribution in [3.63, 3.8) is 0 Å². The first kappa shape index (κ1) is 20.2. The molecule has 0 spiro atoms. The molecule has 2 N–H and O–H groups in total. The average molecular weight is 438 g/mol. The minimum atomic E-state index is 0.728. The highest BCUT2D eigenvalue weighted by molar-refractivity contribution is 7.99. The lowest BCUT2D eigenvalue weighted by molar-refractivity contribution is 0.944. The van der Waals surface area contributed by atoms with Crippen molar-refractivity contribution in [1.82, 2.24) is 14.6 Å². The van der Waals surface area contributed by atoms with E-state index in [1.54, 1.807) is 11.9 Å². The molecule has 5 nitrogen and oxygen atoms in total. The standard InChI is InChI=1S/C26H23N5S/c1-32-30-22-14-21(17-27-18-22)24-15-25(28-16-19-8-4-2-5-9-19)26-23(12-13-31(26)29-24)20-10-6-3-7-11-20/h2-15,17-18,28,30H,16H2,1H3. The molecule has 5 aromatic rings. The minimum Gasteiger partial charge on any atom is -0.379 e. The Kier molecular flexibility index (Phi) is 5.77. The van der Waals surface area contributed by atoms with Gasteiger partial charge in [-0.15, -0.1) is 0 Å². The molecule has 0 unspecified atom stereocenters. The Morgan fingerprint density at radius 3 is 2.44 bits per heavy atom. The fourth-order valence-electron chi connectivity index (χ4n) is 3.80. The molecular formula is C26H23N5S. The Labute approximate surface area is 191 Å². The van der Waals surface area contributed by atoms with E-state index in [1.165, 1.54) is 11.1 Å². The summed E-state index contributed by atoms with van der Waals surface area (Å²) in [5.41, 5.74) is 8.41. The largest absolute Gasteiger partial charge is 0.379 e. The molecule has 3 heterocycles. The first-order chi connectivity index (χ1) is 15.8. The van der Waals surface area contributed by atoms with Crippen molar-refractivity contribution in [2.45, 2.75) is 6.54 Å². The van der Waals surface area contributed by atoms with Crippen LogP contribution in [0.4, 0.5) is 11.4 Å². The first-order valence-electron chi connectivity index (χ1n) is 10.4. The molecule has 5 rings (SSSR count). The van der Waals surface area contributed by atoms with Crippen molar-refractivity contribution in [1.29, 1.82) is 0 Å². The van der Waals surface area contributed by atoms with Gasteiger partial charge in [0.1, 0.15) is 0 Å². The zero-order valence-electron chi connectivity index (χ0n) is 17.7. The lowest BCUT2D eigenvalue weighted by Crippen LogP contribution is -2.04. The molecule has 6 heteroatoms. The van der Waals surface area contributed by atoms with Crippen LogP contribution in [0.3, 0.4) is 0 Å². The van der Waals surface area contributed by atoms with E-state index < -0.39 is 0 Å². The van der Waals surface area contributed by atoms with Gasteiger partial charge in [-0.05, 0) is 29.3 Å². The second-order valence-corrected chi connectivity index (χ2v) is 8.05. The number of fused-ring (bicyclic) bond motifs is 1. The Morgan fingerprint density at radius 1 is 0.875 bits per heavy atom. The molecular weight excluding hydrogens is 414 g/mol. The summed E-state index contributed by atoms with van der Waals surface area (Å²) in [6, 6.07) is 27.2. The number of benzene rings is 2. The van der Waals surface area contributed by atoms with Gasteiger partial charge in [0, 0.05) is 36.3 Å². The van der Waals surface area contributed by atoms with Gasteiger partial charge in [-0.2, -0.15) is 5.10 Å². The Morgan fingerprint density at radius 2 is 1.66 bits per heavy atom. The third-order valence-electron chi connectivity index (χ3n) is 5.28. The van der Waals surface area contributed by atoms with Crippen molar-refractivity contribution in [2.75, 3.05) is 16.3 Å². The van der Waals surface area contributed by atoms with Crippen LogP contribution in [-0.2, 0) is 6.54 Å². The predicted molar refractivity (Wildman–Crippen MR) is 135 cm³/mol. The summed E-state index contributed by atoms with van der Waals surface area (Å²) in [7, 11) is 0. The number of rotatable bonds is 7. The molecule has 0 saturated heterocycles. The van der Waals surface area contributed by atoms with Gasteiger partial charge in [-0.1, -0.05) is 72.6 Å². The molecule has 0 amide bonds. The quantitative estimate of drug-likeness (QED) is 0.290. The monoisotopic (exact) mass is 437 g/mol. The van der Waals surface area contributed by atoms with Crippen LogP contribution in [0.15, 0.2) is 97.5 Å². The van der Waals surface area contributed by atoms with Gasteiger partial charge in [0.2, 0.25) is 0 Å². The highest BCUT2D eigenvalue weighted by Crippen LogP contribution is 2.33. The maximum atomic E-state index is 4.91. The van der Waals surface area contributed by atoms with Crippen molar-refractivity contribution >= 4 is 28.8 Å². The summed E-state index contributed by atoms with van der Waals surface area (Å²) in [4.78, 5) is 4.39. The Bertz CT molecular complexity index is 1330. The van der Waals surface area contributed by atoms with E-state index in [4.69, 9.17) is 5.10 Å². The summed E-state index contributed by atoms with van der Waals surface area (Å²) in [6.07, 6.45) is 7.68. The van der Waals surface area contributed by atoms with Crippen LogP contribution in [0.1, 0.15) is 5.56 Å². The lowest BCUT2D eigenvalue weighted by atomic mass is 10.1. The van der Waals surface area contributed by atoms with Gasteiger partial charge in [-0.3, -0.25) is 4.98 Å². The highest BCUT2D eigenvalue weighted by Gasteiger charge is 2.14. The summed E-state index contributed by atoms with van der Waals surface area (Å²) in [5, 5.41) is 8.56. The van der Waals surface area contributed by atoms with Crippen molar-refractivity contribution in [3.8, 4) is 22.4 Å². The van der Waals surface area contributed by atoms with Crippen LogP contribution < -0.4 is 10.0 Å². The second kappa shape index (κ2) is 9.16. The SMILES string of the molecule is CSNc1cncc(-c2cc(NCc3ccccc3)c3c(-c4ccccc4)ccn3n2)c1. The molecule has 3 aromatic heterocycles. The topological polar surface area (TPSA) is 54.2 Å². The van der Waals surface area contributed by atoms with E-state index in [-0.39, 0.29) is 0 Å². The zero-order chi connectivity index (χ0) is 21.8. The summed E-state index contributed by atoms with van der Waals surface area (Å²) in [5.74, 6) is 0. The van der Waals surface area contributed by atoms with E-state index >= 15 is 0 Å². The number of nitrogens with one attached hydrogen (secondary N) is 2. The number of nitrogens with zero attached hydrogens (tertiary/aromatic N) is 3. The van der Waals surface area contributed by atoms with Crippen LogP contribution in [0, 0.1) is 0 Å². The van der Waals surface area contributed by atoms with Gasteiger partial charge >= 0.3 is 0 Å². The van der Waals surface area contributed by atoms with E-state index in [9.17, 15) is 0 Å². The number of aromatic nitrogens is 3. The smallest absolute Gasteiger partial charge is 0.0956 e. The number of hydrogen-bond donors (Lipinski definition) is 2. The van der Waals surface area contributed by atoms with Crippen molar-refractivity contribution < 1.29 is 0 Å². The molecule has 0 saturated carbocycles. The molecule has 0 aliphatic heterocycles. The maximum absolute atomic E-state index is 4.91. The molecule has 0 atom stereocenters. The fraction of sp³-hybridized carbons (Fsp3) is 0.0769. The van der Waals surface area contributed by atoms with Crippen molar-refractivity contribution in [2.24, 2.45) is 0 Å². The van der Waals surface area contributed by atoms with Crippen LogP contribution in [0.5, 0.6) is 0 Å². The van der Waals surface area contributed by atoms with Crippen LogP contribution in [0.2, 0.25) is 0 Å². The van der Waals surface area contributed by atoms with E-state index in [2.05, 4.69) is 81.8 Å².